The normalized spacial score (nSPS) is 14.6. The number of nitrogens with zero attached hydrogens (tertiary/aromatic N) is 2. The average Bonchev–Trinajstić information content (AvgIpc) is 3.31. The van der Waals surface area contributed by atoms with Crippen LogP contribution >= 0.6 is 0 Å². The molecule has 29 heavy (non-hydrogen) atoms. The highest BCUT2D eigenvalue weighted by Crippen LogP contribution is 2.41. The monoisotopic (exact) mass is 395 g/mol. The van der Waals surface area contributed by atoms with Gasteiger partial charge in [0.25, 0.3) is 0 Å². The van der Waals surface area contributed by atoms with Crippen LogP contribution in [0.5, 0.6) is 0 Å². The van der Waals surface area contributed by atoms with Gasteiger partial charge in [-0.25, -0.2) is 14.6 Å². The number of methoxy groups -OCH3 is 2. The zero-order chi connectivity index (χ0) is 21.0. The molecule has 2 heterocycles. The van der Waals surface area contributed by atoms with Crippen molar-refractivity contribution in [3.05, 3.63) is 71.1 Å². The highest BCUT2D eigenvalue weighted by atomic mass is 16.5. The summed E-state index contributed by atoms with van der Waals surface area (Å²) in [6, 6.07) is 7.69. The van der Waals surface area contributed by atoms with Crippen molar-refractivity contribution in [2.75, 3.05) is 14.2 Å². The maximum Gasteiger partial charge on any atom is 0.336 e. The number of ether oxygens (including phenoxy) is 2. The number of hydrogen-bond donors (Lipinski definition) is 1. The lowest BCUT2D eigenvalue weighted by atomic mass is 9.79. The van der Waals surface area contributed by atoms with Crippen molar-refractivity contribution in [1.29, 1.82) is 0 Å². The summed E-state index contributed by atoms with van der Waals surface area (Å²) in [7, 11) is 2.69. The van der Waals surface area contributed by atoms with Crippen molar-refractivity contribution in [1.82, 2.24) is 14.9 Å². The maximum absolute atomic E-state index is 12.8. The molecular formula is C22H25N3O4. The number of dihydropyridines is 1. The molecule has 0 aliphatic carbocycles. The van der Waals surface area contributed by atoms with Crippen molar-refractivity contribution in [2.45, 2.75) is 32.6 Å². The quantitative estimate of drug-likeness (QED) is 0.756. The lowest BCUT2D eigenvalue weighted by Gasteiger charge is -2.32. The van der Waals surface area contributed by atoms with Crippen LogP contribution in [0, 0.1) is 0 Å². The van der Waals surface area contributed by atoms with E-state index in [1.54, 1.807) is 12.5 Å². The van der Waals surface area contributed by atoms with E-state index in [0.717, 1.165) is 22.6 Å². The largest absolute Gasteiger partial charge is 0.466 e. The van der Waals surface area contributed by atoms with Crippen molar-refractivity contribution < 1.29 is 19.1 Å². The van der Waals surface area contributed by atoms with E-state index in [-0.39, 0.29) is 0 Å². The standard InChI is InChI=1S/C22H25N3O4/c1-5-16-19(21(26)28-3)18(20(22(27)29-4)17(6-2)24-16)14-8-7-9-15(12-14)25-11-10-23-13-25/h7-13,18,24H,5-6H2,1-4H3. The predicted molar refractivity (Wildman–Crippen MR) is 108 cm³/mol. The number of nitrogens with one attached hydrogen (secondary N) is 1. The first-order chi connectivity index (χ1) is 14.0. The molecule has 1 aliphatic heterocycles. The molecule has 0 bridgehead atoms. The van der Waals surface area contributed by atoms with Crippen molar-refractivity contribution in [3.8, 4) is 5.69 Å². The topological polar surface area (TPSA) is 82.5 Å². The molecule has 0 radical (unpaired) electrons. The SMILES string of the molecule is CCC1=C(C(=O)OC)C(c2cccc(-n3ccnc3)c2)C(C(=O)OC)=C(CC)N1. The summed E-state index contributed by atoms with van der Waals surface area (Å²) in [6.45, 7) is 3.92. The first-order valence-corrected chi connectivity index (χ1v) is 9.53. The van der Waals surface area contributed by atoms with E-state index in [4.69, 9.17) is 9.47 Å². The molecule has 0 saturated heterocycles. The second-order valence-electron chi connectivity index (χ2n) is 6.60. The fourth-order valence-electron chi connectivity index (χ4n) is 3.68. The molecule has 2 aromatic rings. The Bertz CT molecular complexity index is 934. The van der Waals surface area contributed by atoms with Gasteiger partial charge in [0.2, 0.25) is 0 Å². The Hall–Kier alpha value is -3.35. The van der Waals surface area contributed by atoms with Crippen LogP contribution in [0.3, 0.4) is 0 Å². The first-order valence-electron chi connectivity index (χ1n) is 9.53. The summed E-state index contributed by atoms with van der Waals surface area (Å²) < 4.78 is 12.0. The summed E-state index contributed by atoms with van der Waals surface area (Å²) in [6.07, 6.45) is 6.43. The smallest absolute Gasteiger partial charge is 0.336 e. The van der Waals surface area contributed by atoms with Crippen LogP contribution in [0.1, 0.15) is 38.2 Å². The Kier molecular flexibility index (Phi) is 6.16. The number of rotatable bonds is 6. The minimum Gasteiger partial charge on any atom is -0.466 e. The fraction of sp³-hybridized carbons (Fsp3) is 0.318. The van der Waals surface area contributed by atoms with Crippen LogP contribution in [0.2, 0.25) is 0 Å². The van der Waals surface area contributed by atoms with Gasteiger partial charge in [-0.1, -0.05) is 26.0 Å². The van der Waals surface area contributed by atoms with Gasteiger partial charge in [0, 0.05) is 29.5 Å². The number of allylic oxidation sites excluding steroid dienone is 2. The maximum atomic E-state index is 12.8. The van der Waals surface area contributed by atoms with E-state index in [9.17, 15) is 9.59 Å². The minimum atomic E-state index is -0.593. The van der Waals surface area contributed by atoms with Gasteiger partial charge in [0.15, 0.2) is 0 Å². The number of esters is 2. The molecule has 3 rings (SSSR count). The third-order valence-electron chi connectivity index (χ3n) is 5.05. The zero-order valence-corrected chi connectivity index (χ0v) is 17.1. The fourth-order valence-corrected chi connectivity index (χ4v) is 3.68. The molecule has 0 amide bonds. The lowest BCUT2D eigenvalue weighted by molar-refractivity contribution is -0.137. The Morgan fingerprint density at radius 3 is 2.17 bits per heavy atom. The van der Waals surface area contributed by atoms with Gasteiger partial charge in [-0.05, 0) is 30.5 Å². The molecule has 0 atom stereocenters. The van der Waals surface area contributed by atoms with Gasteiger partial charge < -0.3 is 19.4 Å². The Labute approximate surface area is 170 Å². The van der Waals surface area contributed by atoms with Gasteiger partial charge in [0.1, 0.15) is 0 Å². The van der Waals surface area contributed by atoms with Crippen LogP contribution in [0.15, 0.2) is 65.5 Å². The Morgan fingerprint density at radius 1 is 1.07 bits per heavy atom. The lowest BCUT2D eigenvalue weighted by Crippen LogP contribution is -2.33. The van der Waals surface area contributed by atoms with E-state index in [2.05, 4.69) is 10.3 Å². The average molecular weight is 395 g/mol. The third kappa shape index (κ3) is 3.81. The molecule has 7 heteroatoms. The van der Waals surface area contributed by atoms with Gasteiger partial charge in [-0.3, -0.25) is 0 Å². The Balaban J connectivity index is 2.25. The highest BCUT2D eigenvalue weighted by molar-refractivity contribution is 6.00. The zero-order valence-electron chi connectivity index (χ0n) is 17.1. The van der Waals surface area contributed by atoms with Crippen LogP contribution in [0.25, 0.3) is 5.69 Å². The summed E-state index contributed by atoms with van der Waals surface area (Å²) >= 11 is 0. The molecular weight excluding hydrogens is 370 g/mol. The molecule has 1 aromatic heterocycles. The third-order valence-corrected chi connectivity index (χ3v) is 5.05. The van der Waals surface area contributed by atoms with E-state index >= 15 is 0 Å². The number of aromatic nitrogens is 2. The molecule has 0 unspecified atom stereocenters. The predicted octanol–water partition coefficient (Wildman–Crippen LogP) is 3.23. The minimum absolute atomic E-state index is 0.426. The molecule has 152 valence electrons. The summed E-state index contributed by atoms with van der Waals surface area (Å²) in [4.78, 5) is 29.6. The van der Waals surface area contributed by atoms with Crippen molar-refractivity contribution >= 4 is 11.9 Å². The molecule has 1 aromatic carbocycles. The first kappa shape index (κ1) is 20.4. The summed E-state index contributed by atoms with van der Waals surface area (Å²) in [5.41, 5.74) is 4.03. The van der Waals surface area contributed by atoms with E-state index in [1.165, 1.54) is 14.2 Å². The number of benzene rings is 1. The second-order valence-corrected chi connectivity index (χ2v) is 6.60. The number of imidazole rings is 1. The molecule has 0 spiro atoms. The van der Waals surface area contributed by atoms with Crippen LogP contribution in [-0.2, 0) is 19.1 Å². The van der Waals surface area contributed by atoms with Crippen LogP contribution < -0.4 is 5.32 Å². The van der Waals surface area contributed by atoms with E-state index in [1.807, 2.05) is 48.9 Å². The molecule has 1 aliphatic rings. The molecule has 7 nitrogen and oxygen atoms in total. The number of carbonyl (C=O) groups excluding carboxylic acids is 2. The molecule has 1 N–H and O–H groups in total. The van der Waals surface area contributed by atoms with Crippen molar-refractivity contribution in [3.63, 3.8) is 0 Å². The van der Waals surface area contributed by atoms with Crippen LogP contribution in [0.4, 0.5) is 0 Å². The second kappa shape index (κ2) is 8.77. The highest BCUT2D eigenvalue weighted by Gasteiger charge is 2.38. The number of hydrogen-bond acceptors (Lipinski definition) is 6. The summed E-state index contributed by atoms with van der Waals surface area (Å²) in [5, 5.41) is 3.27. The van der Waals surface area contributed by atoms with Gasteiger partial charge in [-0.2, -0.15) is 0 Å². The van der Waals surface area contributed by atoms with Gasteiger partial charge in [0.05, 0.1) is 37.6 Å². The van der Waals surface area contributed by atoms with Gasteiger partial charge >= 0.3 is 11.9 Å². The molecule has 0 saturated carbocycles. The Morgan fingerprint density at radius 2 is 1.69 bits per heavy atom. The van der Waals surface area contributed by atoms with Crippen LogP contribution in [-0.4, -0.2) is 35.7 Å². The molecule has 0 fully saturated rings. The van der Waals surface area contributed by atoms with Gasteiger partial charge in [-0.15, -0.1) is 0 Å². The summed E-state index contributed by atoms with van der Waals surface area (Å²) in [5.74, 6) is -1.53. The van der Waals surface area contributed by atoms with Crippen molar-refractivity contribution in [2.24, 2.45) is 0 Å². The van der Waals surface area contributed by atoms with E-state index < -0.39 is 17.9 Å². The number of carbonyl (C=O) groups is 2. The van der Waals surface area contributed by atoms with E-state index in [0.29, 0.717) is 24.0 Å².